The van der Waals surface area contributed by atoms with Gasteiger partial charge in [-0.15, -0.1) is 0 Å². The number of hydrogen-bond acceptors (Lipinski definition) is 2. The number of rotatable bonds is 2. The molecular formula is C11H8BrCl2NO. The molecule has 0 saturated heterocycles. The molecule has 1 heterocycles. The van der Waals surface area contributed by atoms with Crippen molar-refractivity contribution < 1.29 is 4.74 Å². The lowest BCUT2D eigenvalue weighted by Gasteiger charge is -2.07. The van der Waals surface area contributed by atoms with Gasteiger partial charge in [0, 0.05) is 5.39 Å². The third-order valence-corrected chi connectivity index (χ3v) is 4.00. The van der Waals surface area contributed by atoms with Gasteiger partial charge in [0.2, 0.25) is 0 Å². The molecule has 0 spiro atoms. The Morgan fingerprint density at radius 2 is 2.12 bits per heavy atom. The van der Waals surface area contributed by atoms with Crippen molar-refractivity contribution in [3.63, 3.8) is 0 Å². The highest BCUT2D eigenvalue weighted by Crippen LogP contribution is 2.36. The fraction of sp³-hybridized carbons (Fsp3) is 0.182. The molecule has 1 aromatic heterocycles. The van der Waals surface area contributed by atoms with Crippen LogP contribution in [0.15, 0.2) is 22.7 Å². The molecule has 0 amide bonds. The molecule has 84 valence electrons. The Balaban J connectivity index is 2.68. The Hall–Kier alpha value is -0.510. The summed E-state index contributed by atoms with van der Waals surface area (Å²) in [7, 11) is 0. The largest absolute Gasteiger partial charge is 0.494 e. The van der Waals surface area contributed by atoms with Crippen LogP contribution >= 0.6 is 39.1 Å². The molecule has 0 saturated carbocycles. The van der Waals surface area contributed by atoms with Gasteiger partial charge < -0.3 is 4.74 Å². The lowest BCUT2D eigenvalue weighted by atomic mass is 10.2. The number of halogens is 3. The van der Waals surface area contributed by atoms with Gasteiger partial charge in [-0.3, -0.25) is 0 Å². The van der Waals surface area contributed by atoms with Gasteiger partial charge in [0.25, 0.3) is 0 Å². The van der Waals surface area contributed by atoms with Gasteiger partial charge in [-0.25, -0.2) is 4.98 Å². The Labute approximate surface area is 112 Å². The fourth-order valence-electron chi connectivity index (χ4n) is 1.41. The zero-order valence-corrected chi connectivity index (χ0v) is 11.5. The lowest BCUT2D eigenvalue weighted by Crippen LogP contribution is -1.92. The summed E-state index contributed by atoms with van der Waals surface area (Å²) >= 11 is 15.4. The Morgan fingerprint density at radius 1 is 1.38 bits per heavy atom. The van der Waals surface area contributed by atoms with Crippen LogP contribution in [0.3, 0.4) is 0 Å². The Kier molecular flexibility index (Phi) is 3.57. The van der Waals surface area contributed by atoms with Crippen LogP contribution in [-0.2, 0) is 0 Å². The molecule has 0 unspecified atom stereocenters. The topological polar surface area (TPSA) is 22.1 Å². The minimum Gasteiger partial charge on any atom is -0.494 e. The molecular weight excluding hydrogens is 313 g/mol. The molecule has 0 aliphatic rings. The van der Waals surface area contributed by atoms with Crippen molar-refractivity contribution in [3.8, 4) is 5.75 Å². The van der Waals surface area contributed by atoms with E-state index >= 15 is 0 Å². The third kappa shape index (κ3) is 2.12. The van der Waals surface area contributed by atoms with E-state index in [1.54, 1.807) is 0 Å². The molecule has 0 aliphatic heterocycles. The minimum absolute atomic E-state index is 0.363. The number of fused-ring (bicyclic) bond motifs is 1. The number of aromatic nitrogens is 1. The van der Waals surface area contributed by atoms with Crippen molar-refractivity contribution in [1.82, 2.24) is 4.98 Å². The average molecular weight is 321 g/mol. The smallest absolute Gasteiger partial charge is 0.145 e. The number of benzene rings is 1. The molecule has 1 aromatic carbocycles. The normalized spacial score (nSPS) is 10.8. The maximum Gasteiger partial charge on any atom is 0.145 e. The number of nitrogens with zero attached hydrogens (tertiary/aromatic N) is 1. The predicted octanol–water partition coefficient (Wildman–Crippen LogP) is 4.70. The van der Waals surface area contributed by atoms with Crippen LogP contribution in [0.2, 0.25) is 10.2 Å². The summed E-state index contributed by atoms with van der Waals surface area (Å²) in [6, 6.07) is 5.54. The van der Waals surface area contributed by atoms with E-state index in [4.69, 9.17) is 27.9 Å². The second-order valence-corrected chi connectivity index (χ2v) is 4.67. The van der Waals surface area contributed by atoms with E-state index in [0.29, 0.717) is 21.3 Å². The van der Waals surface area contributed by atoms with Crippen LogP contribution in [0.5, 0.6) is 5.75 Å². The van der Waals surface area contributed by atoms with Crippen molar-refractivity contribution in [2.45, 2.75) is 6.92 Å². The summed E-state index contributed by atoms with van der Waals surface area (Å²) in [5, 5.41) is 1.74. The van der Waals surface area contributed by atoms with Gasteiger partial charge in [-0.05, 0) is 41.1 Å². The fourth-order valence-corrected chi connectivity index (χ4v) is 2.19. The second-order valence-electron chi connectivity index (χ2n) is 3.14. The van der Waals surface area contributed by atoms with E-state index in [1.807, 2.05) is 25.1 Å². The van der Waals surface area contributed by atoms with E-state index in [-0.39, 0.29) is 0 Å². The van der Waals surface area contributed by atoms with Crippen LogP contribution < -0.4 is 4.74 Å². The molecule has 0 atom stereocenters. The first-order chi connectivity index (χ1) is 7.63. The van der Waals surface area contributed by atoms with Crippen LogP contribution in [0, 0.1) is 0 Å². The van der Waals surface area contributed by atoms with Gasteiger partial charge in [0.15, 0.2) is 0 Å². The van der Waals surface area contributed by atoms with E-state index in [0.717, 1.165) is 16.7 Å². The maximum atomic E-state index is 6.18. The van der Waals surface area contributed by atoms with Crippen molar-refractivity contribution in [2.75, 3.05) is 6.61 Å². The van der Waals surface area contributed by atoms with Crippen LogP contribution in [0.4, 0.5) is 0 Å². The lowest BCUT2D eigenvalue weighted by molar-refractivity contribution is 0.340. The average Bonchev–Trinajstić information content (AvgIpc) is 2.28. The maximum absolute atomic E-state index is 6.18. The zero-order chi connectivity index (χ0) is 11.7. The van der Waals surface area contributed by atoms with Gasteiger partial charge in [-0.2, -0.15) is 0 Å². The van der Waals surface area contributed by atoms with Crippen LogP contribution in [0.25, 0.3) is 10.9 Å². The van der Waals surface area contributed by atoms with Crippen LogP contribution in [-0.4, -0.2) is 11.6 Å². The molecule has 16 heavy (non-hydrogen) atoms. The Bertz CT molecular complexity index is 545. The van der Waals surface area contributed by atoms with E-state index in [2.05, 4.69) is 20.9 Å². The number of hydrogen-bond donors (Lipinski definition) is 0. The van der Waals surface area contributed by atoms with Gasteiger partial charge >= 0.3 is 0 Å². The molecule has 0 aliphatic carbocycles. The monoisotopic (exact) mass is 319 g/mol. The quantitative estimate of drug-likeness (QED) is 0.748. The van der Waals surface area contributed by atoms with Crippen molar-refractivity contribution in [3.05, 3.63) is 32.8 Å². The first kappa shape index (κ1) is 12.0. The first-order valence-electron chi connectivity index (χ1n) is 4.70. The Morgan fingerprint density at radius 3 is 2.81 bits per heavy atom. The summed E-state index contributed by atoms with van der Waals surface area (Å²) in [4.78, 5) is 4.22. The van der Waals surface area contributed by atoms with Gasteiger partial charge in [-0.1, -0.05) is 23.2 Å². The summed E-state index contributed by atoms with van der Waals surface area (Å²) < 4.78 is 6.01. The van der Waals surface area contributed by atoms with Crippen LogP contribution in [0.1, 0.15) is 6.92 Å². The van der Waals surface area contributed by atoms with E-state index in [1.165, 1.54) is 0 Å². The molecule has 2 aromatic rings. The summed E-state index contributed by atoms with van der Waals surface area (Å²) in [6.45, 7) is 2.55. The molecule has 5 heteroatoms. The van der Waals surface area contributed by atoms with Crippen molar-refractivity contribution in [1.29, 1.82) is 0 Å². The first-order valence-corrected chi connectivity index (χ1v) is 6.25. The van der Waals surface area contributed by atoms with Gasteiger partial charge in [0.1, 0.15) is 10.9 Å². The summed E-state index contributed by atoms with van der Waals surface area (Å²) in [5.41, 5.74) is 0.752. The molecule has 2 rings (SSSR count). The standard InChI is InChI=1S/C11H8BrCl2NO/c1-2-16-6-3-4-8-7(5-6)10(13)9(12)11(14)15-8/h3-5H,2H2,1H3. The highest BCUT2D eigenvalue weighted by Gasteiger charge is 2.10. The van der Waals surface area contributed by atoms with Crippen molar-refractivity contribution in [2.24, 2.45) is 0 Å². The number of pyridine rings is 1. The van der Waals surface area contributed by atoms with Crippen molar-refractivity contribution >= 4 is 50.0 Å². The molecule has 0 bridgehead atoms. The second kappa shape index (κ2) is 4.78. The third-order valence-electron chi connectivity index (χ3n) is 2.11. The predicted molar refractivity (Wildman–Crippen MR) is 70.6 cm³/mol. The summed E-state index contributed by atoms with van der Waals surface area (Å²) in [5.74, 6) is 0.771. The highest BCUT2D eigenvalue weighted by atomic mass is 79.9. The molecule has 2 nitrogen and oxygen atoms in total. The van der Waals surface area contributed by atoms with Gasteiger partial charge in [0.05, 0.1) is 21.6 Å². The molecule has 0 radical (unpaired) electrons. The highest BCUT2D eigenvalue weighted by molar-refractivity contribution is 9.10. The minimum atomic E-state index is 0.363. The summed E-state index contributed by atoms with van der Waals surface area (Å²) in [6.07, 6.45) is 0. The SMILES string of the molecule is CCOc1ccc2nc(Cl)c(Br)c(Cl)c2c1. The molecule has 0 N–H and O–H groups in total. The van der Waals surface area contributed by atoms with E-state index < -0.39 is 0 Å². The van der Waals surface area contributed by atoms with E-state index in [9.17, 15) is 0 Å². The molecule has 0 fully saturated rings. The number of ether oxygens (including phenoxy) is 1. The zero-order valence-electron chi connectivity index (χ0n) is 8.43.